The van der Waals surface area contributed by atoms with Gasteiger partial charge in [0.25, 0.3) is 0 Å². The lowest BCUT2D eigenvalue weighted by molar-refractivity contribution is -0.141. The highest BCUT2D eigenvalue weighted by molar-refractivity contribution is 5.89. The minimum atomic E-state index is -4.75. The molecule has 0 spiro atoms. The summed E-state index contributed by atoms with van der Waals surface area (Å²) in [5.41, 5.74) is 0.0510. The van der Waals surface area contributed by atoms with Gasteiger partial charge >= 0.3 is 6.18 Å². The van der Waals surface area contributed by atoms with Crippen molar-refractivity contribution in [3.05, 3.63) is 83.1 Å². The van der Waals surface area contributed by atoms with Gasteiger partial charge in [-0.25, -0.2) is 14.4 Å². The number of alkyl halides is 4. The Morgan fingerprint density at radius 2 is 1.84 bits per heavy atom. The van der Waals surface area contributed by atoms with Crippen molar-refractivity contribution in [2.24, 2.45) is 0 Å². The van der Waals surface area contributed by atoms with E-state index in [0.717, 1.165) is 17.7 Å². The second kappa shape index (κ2) is 10.1. The number of benzene rings is 1. The maximum atomic E-state index is 14.7. The van der Waals surface area contributed by atoms with E-state index in [2.05, 4.69) is 15.3 Å². The standard InChI is InChI=1S/C26H23F5N4O3/c27-16-10-19(35(12-16)22(36)11-21-33-20(13-38-21)26(29,30)31)25(37)34-23(15-4-2-1-3-5-15)18-9-8-17(14-6-7-14)24(28)32-18/h1-5,8-9,13-14,16,19,23H,6-7,10-12H2,(H,34,37). The highest BCUT2D eigenvalue weighted by atomic mass is 19.4. The summed E-state index contributed by atoms with van der Waals surface area (Å²) in [5, 5.41) is 2.76. The van der Waals surface area contributed by atoms with Gasteiger partial charge in [-0.15, -0.1) is 0 Å². The Hall–Kier alpha value is -3.83. The van der Waals surface area contributed by atoms with E-state index in [9.17, 15) is 31.5 Å². The van der Waals surface area contributed by atoms with Gasteiger partial charge in [0.1, 0.15) is 24.9 Å². The van der Waals surface area contributed by atoms with Crippen molar-refractivity contribution >= 4 is 11.8 Å². The summed E-state index contributed by atoms with van der Waals surface area (Å²) >= 11 is 0. The van der Waals surface area contributed by atoms with Crippen LogP contribution in [0.15, 0.2) is 53.1 Å². The third-order valence-electron chi connectivity index (χ3n) is 6.65. The van der Waals surface area contributed by atoms with Crippen LogP contribution in [0.25, 0.3) is 0 Å². The van der Waals surface area contributed by atoms with Crippen LogP contribution < -0.4 is 5.32 Å². The predicted molar refractivity (Wildman–Crippen MR) is 123 cm³/mol. The van der Waals surface area contributed by atoms with Gasteiger partial charge in [0, 0.05) is 12.0 Å². The van der Waals surface area contributed by atoms with E-state index < -0.39 is 66.7 Å². The first kappa shape index (κ1) is 25.8. The minimum Gasteiger partial charge on any atom is -0.448 e. The zero-order valence-corrected chi connectivity index (χ0v) is 19.9. The second-order valence-corrected chi connectivity index (χ2v) is 9.44. The topological polar surface area (TPSA) is 88.3 Å². The van der Waals surface area contributed by atoms with Gasteiger partial charge in [0.2, 0.25) is 23.7 Å². The van der Waals surface area contributed by atoms with E-state index in [0.29, 0.717) is 17.4 Å². The lowest BCUT2D eigenvalue weighted by atomic mass is 10.0. The van der Waals surface area contributed by atoms with Gasteiger partial charge in [-0.3, -0.25) is 9.59 Å². The molecular weight excluding hydrogens is 511 g/mol. The van der Waals surface area contributed by atoms with E-state index in [-0.39, 0.29) is 18.0 Å². The molecular formula is C26H23F5N4O3. The first-order valence-corrected chi connectivity index (χ1v) is 12.1. The van der Waals surface area contributed by atoms with Gasteiger partial charge in [-0.1, -0.05) is 36.4 Å². The van der Waals surface area contributed by atoms with Crippen LogP contribution in [0.4, 0.5) is 22.0 Å². The largest absolute Gasteiger partial charge is 0.448 e. The number of hydrogen-bond acceptors (Lipinski definition) is 5. The maximum Gasteiger partial charge on any atom is 0.436 e. The smallest absolute Gasteiger partial charge is 0.436 e. The van der Waals surface area contributed by atoms with Crippen molar-refractivity contribution in [1.82, 2.24) is 20.2 Å². The minimum absolute atomic E-state index is 0.136. The molecule has 200 valence electrons. The van der Waals surface area contributed by atoms with Crippen molar-refractivity contribution in [2.45, 2.75) is 56.0 Å². The van der Waals surface area contributed by atoms with Crippen molar-refractivity contribution in [1.29, 1.82) is 0 Å². The third kappa shape index (κ3) is 5.53. The Balaban J connectivity index is 1.35. The number of hydrogen-bond donors (Lipinski definition) is 1. The molecule has 38 heavy (non-hydrogen) atoms. The SMILES string of the molecule is O=C(NC(c1ccccc1)c1ccc(C2CC2)c(F)n1)C1CC(F)CN1C(=O)Cc1nc(C(F)(F)F)co1. The van der Waals surface area contributed by atoms with Crippen LogP contribution >= 0.6 is 0 Å². The summed E-state index contributed by atoms with van der Waals surface area (Å²) in [6.45, 7) is -0.414. The zero-order valence-electron chi connectivity index (χ0n) is 19.9. The number of pyridine rings is 1. The van der Waals surface area contributed by atoms with Gasteiger partial charge in [-0.05, 0) is 30.4 Å². The molecule has 3 aromatic rings. The van der Waals surface area contributed by atoms with E-state index in [4.69, 9.17) is 4.42 Å². The summed E-state index contributed by atoms with van der Waals surface area (Å²) in [4.78, 5) is 34.5. The molecule has 7 nitrogen and oxygen atoms in total. The van der Waals surface area contributed by atoms with Gasteiger partial charge in [0.15, 0.2) is 5.69 Å². The molecule has 1 aliphatic heterocycles. The van der Waals surface area contributed by atoms with Crippen molar-refractivity contribution in [2.75, 3.05) is 6.54 Å². The first-order valence-electron chi connectivity index (χ1n) is 12.1. The number of likely N-dealkylation sites (tertiary alicyclic amines) is 1. The highest BCUT2D eigenvalue weighted by Gasteiger charge is 2.41. The lowest BCUT2D eigenvalue weighted by Crippen LogP contribution is -2.47. The quantitative estimate of drug-likeness (QED) is 0.357. The molecule has 3 unspecified atom stereocenters. The Morgan fingerprint density at radius 3 is 2.47 bits per heavy atom. The molecule has 5 rings (SSSR count). The number of oxazole rings is 1. The van der Waals surface area contributed by atoms with Gasteiger partial charge in [-0.2, -0.15) is 17.6 Å². The highest BCUT2D eigenvalue weighted by Crippen LogP contribution is 2.41. The second-order valence-electron chi connectivity index (χ2n) is 9.44. The van der Waals surface area contributed by atoms with Crippen molar-refractivity contribution in [3.63, 3.8) is 0 Å². The molecule has 1 saturated heterocycles. The van der Waals surface area contributed by atoms with Crippen molar-refractivity contribution in [3.8, 4) is 0 Å². The summed E-state index contributed by atoms with van der Waals surface area (Å²) < 4.78 is 72.3. The Bertz CT molecular complexity index is 1330. The van der Waals surface area contributed by atoms with Crippen LogP contribution in [-0.2, 0) is 22.2 Å². The summed E-state index contributed by atoms with van der Waals surface area (Å²) in [6.07, 6.45) is -5.09. The number of nitrogens with one attached hydrogen (secondary N) is 1. The van der Waals surface area contributed by atoms with Gasteiger partial charge < -0.3 is 14.6 Å². The van der Waals surface area contributed by atoms with Crippen LogP contribution in [0.1, 0.15) is 59.6 Å². The average molecular weight is 534 g/mol. The van der Waals surface area contributed by atoms with Crippen LogP contribution in [0.3, 0.4) is 0 Å². The number of amides is 2. The van der Waals surface area contributed by atoms with Crippen LogP contribution in [0.2, 0.25) is 0 Å². The molecule has 1 aromatic carbocycles. The molecule has 2 aliphatic rings. The molecule has 3 heterocycles. The summed E-state index contributed by atoms with van der Waals surface area (Å²) in [5.74, 6) is -2.50. The average Bonchev–Trinajstić information content (AvgIpc) is 3.46. The van der Waals surface area contributed by atoms with Crippen molar-refractivity contribution < 1.29 is 36.0 Å². The molecule has 12 heteroatoms. The number of rotatable bonds is 7. The molecule has 2 fully saturated rings. The predicted octanol–water partition coefficient (Wildman–Crippen LogP) is 4.49. The summed E-state index contributed by atoms with van der Waals surface area (Å²) in [7, 11) is 0. The molecule has 3 atom stereocenters. The normalized spacial score (nSPS) is 20.4. The number of carbonyl (C=O) groups is 2. The summed E-state index contributed by atoms with van der Waals surface area (Å²) in [6, 6.07) is 9.82. The molecule has 0 bridgehead atoms. The van der Waals surface area contributed by atoms with E-state index in [1.807, 2.05) is 0 Å². The van der Waals surface area contributed by atoms with E-state index >= 15 is 0 Å². The molecule has 2 amide bonds. The number of halogens is 5. The molecule has 1 aliphatic carbocycles. The van der Waals surface area contributed by atoms with Crippen LogP contribution in [0, 0.1) is 5.95 Å². The molecule has 1 N–H and O–H groups in total. The monoisotopic (exact) mass is 534 g/mol. The Labute approximate surface area is 214 Å². The molecule has 2 aromatic heterocycles. The third-order valence-corrected chi connectivity index (χ3v) is 6.65. The number of aromatic nitrogens is 2. The lowest BCUT2D eigenvalue weighted by Gasteiger charge is -2.26. The fourth-order valence-electron chi connectivity index (χ4n) is 4.59. The molecule has 0 radical (unpaired) electrons. The maximum absolute atomic E-state index is 14.7. The van der Waals surface area contributed by atoms with Crippen LogP contribution in [0.5, 0.6) is 0 Å². The zero-order chi connectivity index (χ0) is 27.0. The fourth-order valence-corrected chi connectivity index (χ4v) is 4.59. The Morgan fingerprint density at radius 1 is 1.11 bits per heavy atom. The fraction of sp³-hybridized carbons (Fsp3) is 0.385. The van der Waals surface area contributed by atoms with E-state index in [1.165, 1.54) is 0 Å². The van der Waals surface area contributed by atoms with E-state index in [1.54, 1.807) is 42.5 Å². The number of nitrogens with zero attached hydrogens (tertiary/aromatic N) is 3. The Kier molecular flexibility index (Phi) is 6.89. The van der Waals surface area contributed by atoms with Gasteiger partial charge in [0.05, 0.1) is 18.3 Å². The first-order chi connectivity index (χ1) is 18.1. The number of carbonyl (C=O) groups excluding carboxylic acids is 2. The molecule has 1 saturated carbocycles. The van der Waals surface area contributed by atoms with Crippen LogP contribution in [-0.4, -0.2) is 45.4 Å².